The Morgan fingerprint density at radius 2 is 1.22 bits per heavy atom. The van der Waals surface area contributed by atoms with Gasteiger partial charge in [-0.3, -0.25) is 0 Å². The van der Waals surface area contributed by atoms with Crippen molar-refractivity contribution in [2.24, 2.45) is 5.92 Å². The summed E-state index contributed by atoms with van der Waals surface area (Å²) < 4.78 is 0. The van der Waals surface area contributed by atoms with Gasteiger partial charge in [0.05, 0.1) is 0 Å². The Morgan fingerprint density at radius 1 is 0.652 bits per heavy atom. The highest BCUT2D eigenvalue weighted by Gasteiger charge is 1.97. The van der Waals surface area contributed by atoms with Crippen molar-refractivity contribution < 1.29 is 0 Å². The molecule has 0 bridgehead atoms. The van der Waals surface area contributed by atoms with E-state index in [0.29, 0.717) is 0 Å². The predicted octanol–water partition coefficient (Wildman–Crippen LogP) is 6.87. The van der Waals surface area contributed by atoms with Crippen LogP contribution in [0.25, 0.3) is 0 Å². The predicted molar refractivity (Wildman–Crippen MR) is 104 cm³/mol. The minimum atomic E-state index is 0.761. The maximum Gasteiger partial charge on any atom is -0.0256 e. The molecule has 0 heteroatoms. The van der Waals surface area contributed by atoms with Crippen LogP contribution in [0.2, 0.25) is 0 Å². The summed E-state index contributed by atoms with van der Waals surface area (Å²) in [5, 5.41) is 0. The highest BCUT2D eigenvalue weighted by Crippen LogP contribution is 2.10. The molecule has 0 aromatic heterocycles. The Balaban J connectivity index is 0.000000238. The molecule has 0 aliphatic rings. The molecular weight excluding hydrogens is 276 g/mol. The summed E-state index contributed by atoms with van der Waals surface area (Å²) in [6.07, 6.45) is 7.48. The molecule has 0 nitrogen and oxygen atoms in total. The summed E-state index contributed by atoms with van der Waals surface area (Å²) in [7, 11) is 0. The van der Waals surface area contributed by atoms with Gasteiger partial charge in [-0.15, -0.1) is 0 Å². The number of unbranched alkanes of at least 4 members (excludes halogenated alkanes) is 1. The van der Waals surface area contributed by atoms with E-state index in [1.54, 1.807) is 0 Å². The molecule has 0 fully saturated rings. The van der Waals surface area contributed by atoms with Crippen molar-refractivity contribution in [1.29, 1.82) is 0 Å². The van der Waals surface area contributed by atoms with E-state index in [4.69, 9.17) is 0 Å². The zero-order chi connectivity index (χ0) is 16.9. The monoisotopic (exact) mass is 310 g/mol. The number of hydrogen-bond donors (Lipinski definition) is 0. The molecule has 0 unspecified atom stereocenters. The van der Waals surface area contributed by atoms with E-state index in [1.165, 1.54) is 55.2 Å². The molecule has 0 heterocycles. The van der Waals surface area contributed by atoms with Gasteiger partial charge in [-0.05, 0) is 48.3 Å². The molecule has 0 aliphatic heterocycles. The van der Waals surface area contributed by atoms with Gasteiger partial charge in [0, 0.05) is 0 Å². The van der Waals surface area contributed by atoms with Crippen LogP contribution in [0.1, 0.15) is 63.6 Å². The third-order valence-corrected chi connectivity index (χ3v) is 3.87. The van der Waals surface area contributed by atoms with Crippen LogP contribution >= 0.6 is 0 Å². The average molecular weight is 311 g/mol. The lowest BCUT2D eigenvalue weighted by Gasteiger charge is -2.05. The van der Waals surface area contributed by atoms with E-state index in [1.807, 2.05) is 0 Å². The Labute approximate surface area is 144 Å². The minimum absolute atomic E-state index is 0.761. The van der Waals surface area contributed by atoms with Crippen LogP contribution in [0.3, 0.4) is 0 Å². The van der Waals surface area contributed by atoms with Gasteiger partial charge in [0.2, 0.25) is 0 Å². The van der Waals surface area contributed by atoms with Gasteiger partial charge in [-0.1, -0.05) is 95.1 Å². The summed E-state index contributed by atoms with van der Waals surface area (Å²) in [6.45, 7) is 8.98. The molecule has 0 amide bonds. The topological polar surface area (TPSA) is 0 Å². The first-order chi connectivity index (χ1) is 11.2. The fourth-order valence-corrected chi connectivity index (χ4v) is 2.63. The van der Waals surface area contributed by atoms with E-state index in [-0.39, 0.29) is 0 Å². The molecule has 0 aliphatic carbocycles. The lowest BCUT2D eigenvalue weighted by Crippen LogP contribution is -1.94. The first-order valence-corrected chi connectivity index (χ1v) is 9.27. The number of aryl methyl sites for hydroxylation is 2. The fraction of sp³-hybridized carbons (Fsp3) is 0.478. The second-order valence-electron chi connectivity index (χ2n) is 6.75. The van der Waals surface area contributed by atoms with Crippen LogP contribution in [0.4, 0.5) is 0 Å². The maximum atomic E-state index is 2.27. The number of benzene rings is 2. The standard InChI is InChI=1S/C13H20.C10H14/c1-4-5-12-6-8-13(9-7-12)10-11(2)3;1-2-3-7-10-8-5-4-6-9-10/h6-9,11H,4-5,10H2,1-3H3;4-6,8-9H,2-3,7H2,1H3. The molecule has 2 aromatic rings. The van der Waals surface area contributed by atoms with Crippen molar-refractivity contribution in [2.75, 3.05) is 0 Å². The van der Waals surface area contributed by atoms with Gasteiger partial charge in [0.1, 0.15) is 0 Å². The van der Waals surface area contributed by atoms with Crippen molar-refractivity contribution >= 4 is 0 Å². The lowest BCUT2D eigenvalue weighted by molar-refractivity contribution is 0.647. The second kappa shape index (κ2) is 11.9. The van der Waals surface area contributed by atoms with E-state index < -0.39 is 0 Å². The molecular formula is C23H34. The van der Waals surface area contributed by atoms with E-state index in [9.17, 15) is 0 Å². The molecule has 23 heavy (non-hydrogen) atoms. The van der Waals surface area contributed by atoms with Crippen LogP contribution in [-0.4, -0.2) is 0 Å². The van der Waals surface area contributed by atoms with Crippen molar-refractivity contribution in [3.05, 3.63) is 71.3 Å². The molecule has 126 valence electrons. The van der Waals surface area contributed by atoms with E-state index >= 15 is 0 Å². The van der Waals surface area contributed by atoms with Gasteiger partial charge in [0.25, 0.3) is 0 Å². The average Bonchev–Trinajstić information content (AvgIpc) is 2.56. The molecule has 2 aromatic carbocycles. The molecule has 0 atom stereocenters. The van der Waals surface area contributed by atoms with Crippen LogP contribution in [0.15, 0.2) is 54.6 Å². The van der Waals surface area contributed by atoms with Gasteiger partial charge in [-0.25, -0.2) is 0 Å². The highest BCUT2D eigenvalue weighted by molar-refractivity contribution is 5.22. The third kappa shape index (κ3) is 9.23. The third-order valence-electron chi connectivity index (χ3n) is 3.87. The summed E-state index contributed by atoms with van der Waals surface area (Å²) >= 11 is 0. The largest absolute Gasteiger partial charge is 0.0654 e. The zero-order valence-electron chi connectivity index (χ0n) is 15.5. The Hall–Kier alpha value is -1.56. The van der Waals surface area contributed by atoms with E-state index in [0.717, 1.165) is 5.92 Å². The second-order valence-corrected chi connectivity index (χ2v) is 6.75. The van der Waals surface area contributed by atoms with Crippen molar-refractivity contribution in [1.82, 2.24) is 0 Å². The lowest BCUT2D eigenvalue weighted by atomic mass is 10.0. The summed E-state index contributed by atoms with van der Waals surface area (Å²) in [6, 6.07) is 19.7. The first kappa shape index (κ1) is 19.5. The van der Waals surface area contributed by atoms with E-state index in [2.05, 4.69) is 82.3 Å². The van der Waals surface area contributed by atoms with Gasteiger partial charge >= 0.3 is 0 Å². The van der Waals surface area contributed by atoms with Crippen molar-refractivity contribution in [3.63, 3.8) is 0 Å². The van der Waals surface area contributed by atoms with Gasteiger partial charge in [-0.2, -0.15) is 0 Å². The minimum Gasteiger partial charge on any atom is -0.0654 e. The van der Waals surface area contributed by atoms with Crippen molar-refractivity contribution in [2.45, 2.75) is 66.2 Å². The number of rotatable bonds is 7. The normalized spacial score (nSPS) is 10.3. The molecule has 0 radical (unpaired) electrons. The van der Waals surface area contributed by atoms with Crippen LogP contribution in [-0.2, 0) is 19.3 Å². The van der Waals surface area contributed by atoms with Gasteiger partial charge < -0.3 is 0 Å². The first-order valence-electron chi connectivity index (χ1n) is 9.27. The van der Waals surface area contributed by atoms with Gasteiger partial charge in [0.15, 0.2) is 0 Å². The summed E-state index contributed by atoms with van der Waals surface area (Å²) in [4.78, 5) is 0. The Bertz CT molecular complexity index is 493. The van der Waals surface area contributed by atoms with Crippen molar-refractivity contribution in [3.8, 4) is 0 Å². The molecule has 0 saturated heterocycles. The molecule has 0 spiro atoms. The zero-order valence-corrected chi connectivity index (χ0v) is 15.5. The Kier molecular flexibility index (Phi) is 10.1. The summed E-state index contributed by atoms with van der Waals surface area (Å²) in [5.74, 6) is 0.761. The SMILES string of the molecule is CCCCc1ccccc1.CCCc1ccc(CC(C)C)cc1. The fourth-order valence-electron chi connectivity index (χ4n) is 2.63. The van der Waals surface area contributed by atoms with Crippen LogP contribution < -0.4 is 0 Å². The Morgan fingerprint density at radius 3 is 1.74 bits per heavy atom. The summed E-state index contributed by atoms with van der Waals surface area (Å²) in [5.41, 5.74) is 4.40. The highest BCUT2D eigenvalue weighted by atomic mass is 14.0. The van der Waals surface area contributed by atoms with Crippen LogP contribution in [0, 0.1) is 5.92 Å². The quantitative estimate of drug-likeness (QED) is 0.523. The number of hydrogen-bond acceptors (Lipinski definition) is 0. The maximum absolute atomic E-state index is 2.27. The molecule has 2 rings (SSSR count). The molecule has 0 saturated carbocycles. The van der Waals surface area contributed by atoms with Crippen LogP contribution in [0.5, 0.6) is 0 Å². The smallest absolute Gasteiger partial charge is 0.0256 e. The molecule has 0 N–H and O–H groups in total.